The number of methoxy groups -OCH3 is 2. The van der Waals surface area contributed by atoms with Crippen molar-refractivity contribution in [3.8, 4) is 22.9 Å². The van der Waals surface area contributed by atoms with Crippen molar-refractivity contribution in [1.29, 1.82) is 0 Å². The standard InChI is InChI=1S/C17H23N3O3/c1-12-6-4-5-9-20(12)11-16-18-17(19-23-16)14-8-7-13(21-2)10-15(14)22-3/h7-8,10,12H,4-6,9,11H2,1-3H3. The predicted octanol–water partition coefficient (Wildman–Crippen LogP) is 3.13. The molecule has 1 aromatic carbocycles. The third-order valence-electron chi connectivity index (χ3n) is 4.40. The van der Waals surface area contributed by atoms with Gasteiger partial charge in [-0.2, -0.15) is 4.98 Å². The molecule has 0 saturated carbocycles. The molecule has 1 fully saturated rings. The third kappa shape index (κ3) is 3.47. The molecule has 6 nitrogen and oxygen atoms in total. The molecule has 1 aromatic heterocycles. The van der Waals surface area contributed by atoms with E-state index in [9.17, 15) is 0 Å². The van der Waals surface area contributed by atoms with Gasteiger partial charge < -0.3 is 14.0 Å². The van der Waals surface area contributed by atoms with Gasteiger partial charge >= 0.3 is 0 Å². The van der Waals surface area contributed by atoms with Crippen molar-refractivity contribution in [2.24, 2.45) is 0 Å². The van der Waals surface area contributed by atoms with Gasteiger partial charge in [-0.3, -0.25) is 4.90 Å². The molecule has 0 aliphatic carbocycles. The molecule has 1 aliphatic heterocycles. The summed E-state index contributed by atoms with van der Waals surface area (Å²) in [4.78, 5) is 6.93. The fourth-order valence-corrected chi connectivity index (χ4v) is 2.98. The van der Waals surface area contributed by atoms with Crippen LogP contribution in [0.4, 0.5) is 0 Å². The van der Waals surface area contributed by atoms with Crippen molar-refractivity contribution in [1.82, 2.24) is 15.0 Å². The molecule has 124 valence electrons. The van der Waals surface area contributed by atoms with Gasteiger partial charge in [-0.1, -0.05) is 11.6 Å². The summed E-state index contributed by atoms with van der Waals surface area (Å²) in [7, 11) is 3.25. The fraction of sp³-hybridized carbons (Fsp3) is 0.529. The van der Waals surface area contributed by atoms with Crippen LogP contribution in [0.25, 0.3) is 11.4 Å². The van der Waals surface area contributed by atoms with Gasteiger partial charge in [0.1, 0.15) is 11.5 Å². The minimum absolute atomic E-state index is 0.546. The van der Waals surface area contributed by atoms with E-state index in [0.29, 0.717) is 30.1 Å². The van der Waals surface area contributed by atoms with Crippen LogP contribution in [0.2, 0.25) is 0 Å². The van der Waals surface area contributed by atoms with E-state index in [1.165, 1.54) is 19.3 Å². The largest absolute Gasteiger partial charge is 0.497 e. The van der Waals surface area contributed by atoms with E-state index in [4.69, 9.17) is 14.0 Å². The summed E-state index contributed by atoms with van der Waals surface area (Å²) < 4.78 is 16.1. The molecule has 0 bridgehead atoms. The fourth-order valence-electron chi connectivity index (χ4n) is 2.98. The predicted molar refractivity (Wildman–Crippen MR) is 86.6 cm³/mol. The Morgan fingerprint density at radius 2 is 2.13 bits per heavy atom. The topological polar surface area (TPSA) is 60.6 Å². The van der Waals surface area contributed by atoms with E-state index in [0.717, 1.165) is 17.9 Å². The lowest BCUT2D eigenvalue weighted by molar-refractivity contribution is 0.135. The maximum absolute atomic E-state index is 5.44. The SMILES string of the molecule is COc1ccc(-c2noc(CN3CCCCC3C)n2)c(OC)c1. The molecule has 1 atom stereocenters. The number of likely N-dealkylation sites (tertiary alicyclic amines) is 1. The lowest BCUT2D eigenvalue weighted by atomic mass is 10.0. The Morgan fingerprint density at radius 3 is 2.87 bits per heavy atom. The molecule has 0 amide bonds. The van der Waals surface area contributed by atoms with Crippen molar-refractivity contribution >= 4 is 0 Å². The van der Waals surface area contributed by atoms with Crippen LogP contribution < -0.4 is 9.47 Å². The molecule has 0 spiro atoms. The van der Waals surface area contributed by atoms with E-state index in [1.54, 1.807) is 14.2 Å². The summed E-state index contributed by atoms with van der Waals surface area (Å²) in [5, 5.41) is 4.11. The first-order valence-corrected chi connectivity index (χ1v) is 8.00. The van der Waals surface area contributed by atoms with E-state index >= 15 is 0 Å². The molecule has 6 heteroatoms. The van der Waals surface area contributed by atoms with E-state index in [2.05, 4.69) is 22.0 Å². The van der Waals surface area contributed by atoms with Crippen molar-refractivity contribution in [3.63, 3.8) is 0 Å². The van der Waals surface area contributed by atoms with Crippen molar-refractivity contribution in [3.05, 3.63) is 24.1 Å². The quantitative estimate of drug-likeness (QED) is 0.844. The molecule has 0 N–H and O–H groups in total. The third-order valence-corrected chi connectivity index (χ3v) is 4.40. The highest BCUT2D eigenvalue weighted by Crippen LogP contribution is 2.31. The number of hydrogen-bond donors (Lipinski definition) is 0. The average Bonchev–Trinajstić information content (AvgIpc) is 3.04. The van der Waals surface area contributed by atoms with Crippen LogP contribution in [-0.4, -0.2) is 41.8 Å². The number of nitrogens with zero attached hydrogens (tertiary/aromatic N) is 3. The van der Waals surface area contributed by atoms with Crippen molar-refractivity contribution in [2.45, 2.75) is 38.8 Å². The van der Waals surface area contributed by atoms with E-state index < -0.39 is 0 Å². The van der Waals surface area contributed by atoms with Gasteiger partial charge in [0.15, 0.2) is 0 Å². The Kier molecular flexibility index (Phi) is 4.81. The molecule has 1 aliphatic rings. The maximum atomic E-state index is 5.44. The Labute approximate surface area is 136 Å². The summed E-state index contributed by atoms with van der Waals surface area (Å²) in [5.41, 5.74) is 0.801. The van der Waals surface area contributed by atoms with Gasteiger partial charge in [-0.05, 0) is 38.4 Å². The highest BCUT2D eigenvalue weighted by atomic mass is 16.5. The lowest BCUT2D eigenvalue weighted by Gasteiger charge is -2.31. The van der Waals surface area contributed by atoms with Gasteiger partial charge in [0.2, 0.25) is 11.7 Å². The summed E-state index contributed by atoms with van der Waals surface area (Å²) in [6.07, 6.45) is 3.76. The lowest BCUT2D eigenvalue weighted by Crippen LogP contribution is -2.36. The molecule has 1 unspecified atom stereocenters. The van der Waals surface area contributed by atoms with Crippen LogP contribution >= 0.6 is 0 Å². The number of aromatic nitrogens is 2. The zero-order valence-corrected chi connectivity index (χ0v) is 13.9. The molecular weight excluding hydrogens is 294 g/mol. The highest BCUT2D eigenvalue weighted by molar-refractivity contribution is 5.65. The number of rotatable bonds is 5. The van der Waals surface area contributed by atoms with E-state index in [1.807, 2.05) is 18.2 Å². The highest BCUT2D eigenvalue weighted by Gasteiger charge is 2.21. The van der Waals surface area contributed by atoms with E-state index in [-0.39, 0.29) is 0 Å². The molecule has 2 heterocycles. The Hall–Kier alpha value is -2.08. The van der Waals surface area contributed by atoms with Gasteiger partial charge in [0, 0.05) is 12.1 Å². The molecule has 23 heavy (non-hydrogen) atoms. The molecule has 2 aromatic rings. The van der Waals surface area contributed by atoms with Crippen LogP contribution in [0.3, 0.4) is 0 Å². The monoisotopic (exact) mass is 317 g/mol. The molecule has 3 rings (SSSR count). The van der Waals surface area contributed by atoms with Crippen molar-refractivity contribution < 1.29 is 14.0 Å². The van der Waals surface area contributed by atoms with Crippen LogP contribution in [-0.2, 0) is 6.54 Å². The second-order valence-corrected chi connectivity index (χ2v) is 5.89. The second kappa shape index (κ2) is 7.00. The summed E-state index contributed by atoms with van der Waals surface area (Å²) >= 11 is 0. The summed E-state index contributed by atoms with van der Waals surface area (Å²) in [6.45, 7) is 4.04. The van der Waals surface area contributed by atoms with Gasteiger partial charge in [-0.15, -0.1) is 0 Å². The number of hydrogen-bond acceptors (Lipinski definition) is 6. The van der Waals surface area contributed by atoms with Crippen LogP contribution in [0, 0.1) is 0 Å². The van der Waals surface area contributed by atoms with Crippen molar-refractivity contribution in [2.75, 3.05) is 20.8 Å². The summed E-state index contributed by atoms with van der Waals surface area (Å²) in [6, 6.07) is 6.13. The van der Waals surface area contributed by atoms with Gasteiger partial charge in [-0.25, -0.2) is 0 Å². The minimum Gasteiger partial charge on any atom is -0.497 e. The Balaban J connectivity index is 1.79. The first-order chi connectivity index (χ1) is 11.2. The van der Waals surface area contributed by atoms with Gasteiger partial charge in [0.05, 0.1) is 26.3 Å². The Bertz CT molecular complexity index is 656. The molecular formula is C17H23N3O3. The smallest absolute Gasteiger partial charge is 0.241 e. The second-order valence-electron chi connectivity index (χ2n) is 5.89. The first-order valence-electron chi connectivity index (χ1n) is 8.00. The van der Waals surface area contributed by atoms with Gasteiger partial charge in [0.25, 0.3) is 0 Å². The summed E-state index contributed by atoms with van der Waals surface area (Å²) in [5.74, 6) is 2.59. The molecule has 0 radical (unpaired) electrons. The zero-order chi connectivity index (χ0) is 16.2. The van der Waals surface area contributed by atoms with Crippen LogP contribution in [0.1, 0.15) is 32.1 Å². The number of piperidine rings is 1. The normalized spacial score (nSPS) is 18.8. The number of benzene rings is 1. The number of ether oxygens (including phenoxy) is 2. The Morgan fingerprint density at radius 1 is 1.26 bits per heavy atom. The van der Waals surface area contributed by atoms with Crippen LogP contribution in [0.15, 0.2) is 22.7 Å². The first kappa shape index (κ1) is 15.8. The minimum atomic E-state index is 0.546. The maximum Gasteiger partial charge on any atom is 0.241 e. The zero-order valence-electron chi connectivity index (χ0n) is 13.9. The molecule has 1 saturated heterocycles. The van der Waals surface area contributed by atoms with Crippen LogP contribution in [0.5, 0.6) is 11.5 Å². The average molecular weight is 317 g/mol.